The van der Waals surface area contributed by atoms with Gasteiger partial charge in [0, 0.05) is 31.4 Å². The molecule has 3 rings (SSSR count). The quantitative estimate of drug-likeness (QED) is 0.797. The molecule has 144 valence electrons. The predicted molar refractivity (Wildman–Crippen MR) is 105 cm³/mol. The maximum absolute atomic E-state index is 12.7. The average Bonchev–Trinajstić information content (AvgIpc) is 3.18. The molecule has 2 aromatic rings. The summed E-state index contributed by atoms with van der Waals surface area (Å²) in [6.07, 6.45) is 1.29. The first kappa shape index (κ1) is 19.5. The molecule has 1 aromatic heterocycles. The summed E-state index contributed by atoms with van der Waals surface area (Å²) in [5.41, 5.74) is 1.25. The number of nitrogens with one attached hydrogen (secondary N) is 2. The number of benzene rings is 1. The maximum atomic E-state index is 12.7. The minimum atomic E-state index is -3.54. The van der Waals surface area contributed by atoms with Crippen LogP contribution in [0.5, 0.6) is 0 Å². The van der Waals surface area contributed by atoms with Crippen molar-refractivity contribution in [2.24, 2.45) is 5.92 Å². The van der Waals surface area contributed by atoms with Crippen LogP contribution >= 0.6 is 11.3 Å². The van der Waals surface area contributed by atoms with Gasteiger partial charge >= 0.3 is 0 Å². The minimum Gasteiger partial charge on any atom is -0.326 e. The van der Waals surface area contributed by atoms with Crippen LogP contribution in [0.2, 0.25) is 0 Å². The monoisotopic (exact) mass is 407 g/mol. The molecule has 2 amide bonds. The lowest BCUT2D eigenvalue weighted by Crippen LogP contribution is -2.43. The normalized spacial score (nSPS) is 18.0. The number of hydrogen-bond donors (Lipinski definition) is 2. The Bertz CT molecular complexity index is 909. The molecule has 1 fully saturated rings. The summed E-state index contributed by atoms with van der Waals surface area (Å²) < 4.78 is 27.0. The molecule has 0 radical (unpaired) electrons. The Hall–Kier alpha value is -2.23. The molecule has 0 saturated carbocycles. The first-order valence-corrected chi connectivity index (χ1v) is 10.9. The second kappa shape index (κ2) is 8.20. The summed E-state index contributed by atoms with van der Waals surface area (Å²) in [5.74, 6) is -0.766. The van der Waals surface area contributed by atoms with Gasteiger partial charge in [-0.05, 0) is 48.6 Å². The van der Waals surface area contributed by atoms with Gasteiger partial charge < -0.3 is 10.6 Å². The molecular formula is C18H21N3O4S2. The number of anilines is 2. The van der Waals surface area contributed by atoms with Gasteiger partial charge in [-0.1, -0.05) is 6.07 Å². The maximum Gasteiger partial charge on any atom is 0.252 e. The zero-order chi connectivity index (χ0) is 19.4. The third kappa shape index (κ3) is 4.74. The van der Waals surface area contributed by atoms with Crippen molar-refractivity contribution in [2.45, 2.75) is 24.0 Å². The number of carbonyl (C=O) groups is 2. The Kier molecular flexibility index (Phi) is 5.93. The Morgan fingerprint density at radius 2 is 1.78 bits per heavy atom. The molecular weight excluding hydrogens is 386 g/mol. The fourth-order valence-electron chi connectivity index (χ4n) is 3.00. The molecule has 1 aliphatic rings. The molecule has 1 unspecified atom stereocenters. The first-order chi connectivity index (χ1) is 12.9. The van der Waals surface area contributed by atoms with Gasteiger partial charge in [0.2, 0.25) is 11.8 Å². The van der Waals surface area contributed by atoms with Crippen molar-refractivity contribution in [3.05, 3.63) is 41.8 Å². The number of nitrogens with zero attached hydrogens (tertiary/aromatic N) is 1. The van der Waals surface area contributed by atoms with E-state index < -0.39 is 15.9 Å². The summed E-state index contributed by atoms with van der Waals surface area (Å²) in [5, 5.41) is 7.22. The molecule has 0 bridgehead atoms. The van der Waals surface area contributed by atoms with E-state index in [1.807, 2.05) is 0 Å². The SMILES string of the molecule is CC(=O)Nc1ccc(NC(=O)C2CCCN(S(=O)(=O)c3cccs3)C2)cc1. The van der Waals surface area contributed by atoms with Crippen molar-refractivity contribution in [1.29, 1.82) is 0 Å². The van der Waals surface area contributed by atoms with E-state index in [1.54, 1.807) is 41.8 Å². The fraction of sp³-hybridized carbons (Fsp3) is 0.333. The average molecular weight is 408 g/mol. The number of amides is 2. The zero-order valence-electron chi connectivity index (χ0n) is 14.8. The molecule has 9 heteroatoms. The van der Waals surface area contributed by atoms with Crippen LogP contribution in [0.3, 0.4) is 0 Å². The molecule has 7 nitrogen and oxygen atoms in total. The fourth-order valence-corrected chi connectivity index (χ4v) is 5.67. The highest BCUT2D eigenvalue weighted by atomic mass is 32.2. The topological polar surface area (TPSA) is 95.6 Å². The Balaban J connectivity index is 1.64. The smallest absolute Gasteiger partial charge is 0.252 e. The van der Waals surface area contributed by atoms with Crippen LogP contribution in [-0.4, -0.2) is 37.6 Å². The van der Waals surface area contributed by atoms with Gasteiger partial charge in [0.1, 0.15) is 4.21 Å². The second-order valence-electron chi connectivity index (χ2n) is 6.38. The van der Waals surface area contributed by atoms with Gasteiger partial charge in [-0.3, -0.25) is 9.59 Å². The van der Waals surface area contributed by atoms with Gasteiger partial charge in [0.25, 0.3) is 10.0 Å². The Labute approximate surface area is 162 Å². The standard InChI is InChI=1S/C18H21N3O4S2/c1-13(22)19-15-6-8-16(9-7-15)20-18(23)14-4-2-10-21(12-14)27(24,25)17-5-3-11-26-17/h3,5-9,11,14H,2,4,10,12H2,1H3,(H,19,22)(H,20,23). The largest absolute Gasteiger partial charge is 0.326 e. The molecule has 1 atom stereocenters. The molecule has 2 N–H and O–H groups in total. The molecule has 0 spiro atoms. The molecule has 27 heavy (non-hydrogen) atoms. The summed E-state index contributed by atoms with van der Waals surface area (Å²) >= 11 is 1.18. The van der Waals surface area contributed by atoms with Gasteiger partial charge in [-0.25, -0.2) is 8.42 Å². The lowest BCUT2D eigenvalue weighted by Gasteiger charge is -2.30. The van der Waals surface area contributed by atoms with Crippen LogP contribution in [0.1, 0.15) is 19.8 Å². The minimum absolute atomic E-state index is 0.166. The lowest BCUT2D eigenvalue weighted by molar-refractivity contribution is -0.121. The van der Waals surface area contributed by atoms with E-state index in [0.29, 0.717) is 35.0 Å². The van der Waals surface area contributed by atoms with E-state index >= 15 is 0 Å². The number of sulfonamides is 1. The predicted octanol–water partition coefficient (Wildman–Crippen LogP) is 2.75. The number of thiophene rings is 1. The van der Waals surface area contributed by atoms with Gasteiger partial charge in [0.15, 0.2) is 0 Å². The molecule has 0 aliphatic carbocycles. The first-order valence-electron chi connectivity index (χ1n) is 8.58. The molecule has 1 aromatic carbocycles. The third-order valence-corrected chi connectivity index (χ3v) is 7.56. The van der Waals surface area contributed by atoms with Crippen molar-refractivity contribution in [3.63, 3.8) is 0 Å². The van der Waals surface area contributed by atoms with E-state index in [0.717, 1.165) is 0 Å². The molecule has 2 heterocycles. The molecule has 1 saturated heterocycles. The van der Waals surface area contributed by atoms with E-state index in [9.17, 15) is 18.0 Å². The number of piperidine rings is 1. The summed E-state index contributed by atoms with van der Waals surface area (Å²) in [4.78, 5) is 23.6. The van der Waals surface area contributed by atoms with Crippen LogP contribution in [0.15, 0.2) is 46.0 Å². The lowest BCUT2D eigenvalue weighted by atomic mass is 9.98. The van der Waals surface area contributed by atoms with Crippen LogP contribution in [0, 0.1) is 5.92 Å². The van der Waals surface area contributed by atoms with Crippen LogP contribution < -0.4 is 10.6 Å². The van der Waals surface area contributed by atoms with Gasteiger partial charge in [-0.15, -0.1) is 11.3 Å². The van der Waals surface area contributed by atoms with Gasteiger partial charge in [-0.2, -0.15) is 4.31 Å². The van der Waals surface area contributed by atoms with Gasteiger partial charge in [0.05, 0.1) is 5.92 Å². The van der Waals surface area contributed by atoms with Crippen molar-refractivity contribution in [3.8, 4) is 0 Å². The van der Waals surface area contributed by atoms with Crippen LogP contribution in [0.4, 0.5) is 11.4 Å². The highest BCUT2D eigenvalue weighted by molar-refractivity contribution is 7.91. The molecule has 1 aliphatic heterocycles. The Morgan fingerprint density at radius 3 is 2.37 bits per heavy atom. The van der Waals surface area contributed by atoms with Crippen molar-refractivity contribution >= 4 is 44.5 Å². The highest BCUT2D eigenvalue weighted by Gasteiger charge is 2.33. The summed E-state index contributed by atoms with van der Waals surface area (Å²) in [6.45, 7) is 2.03. The van der Waals surface area contributed by atoms with Crippen LogP contribution in [-0.2, 0) is 19.6 Å². The summed E-state index contributed by atoms with van der Waals surface area (Å²) in [6, 6.07) is 10.1. The second-order valence-corrected chi connectivity index (χ2v) is 9.49. The third-order valence-electron chi connectivity index (χ3n) is 4.32. The van der Waals surface area contributed by atoms with Crippen molar-refractivity contribution < 1.29 is 18.0 Å². The highest BCUT2D eigenvalue weighted by Crippen LogP contribution is 2.27. The van der Waals surface area contributed by atoms with E-state index in [2.05, 4.69) is 10.6 Å². The van der Waals surface area contributed by atoms with E-state index in [-0.39, 0.29) is 18.4 Å². The number of carbonyl (C=O) groups excluding carboxylic acids is 2. The number of hydrogen-bond acceptors (Lipinski definition) is 5. The number of rotatable bonds is 5. The van der Waals surface area contributed by atoms with Crippen molar-refractivity contribution in [1.82, 2.24) is 4.31 Å². The summed E-state index contributed by atoms with van der Waals surface area (Å²) in [7, 11) is -3.54. The van der Waals surface area contributed by atoms with E-state index in [1.165, 1.54) is 22.6 Å². The Morgan fingerprint density at radius 1 is 1.11 bits per heavy atom. The zero-order valence-corrected chi connectivity index (χ0v) is 16.5. The van der Waals surface area contributed by atoms with E-state index in [4.69, 9.17) is 0 Å². The van der Waals surface area contributed by atoms with Crippen LogP contribution in [0.25, 0.3) is 0 Å². The van der Waals surface area contributed by atoms with Crippen molar-refractivity contribution in [2.75, 3.05) is 23.7 Å².